The fourth-order valence-electron chi connectivity index (χ4n) is 3.13. The zero-order valence-corrected chi connectivity index (χ0v) is 13.7. The van der Waals surface area contributed by atoms with Gasteiger partial charge in [-0.25, -0.2) is 4.79 Å². The Balaban J connectivity index is 1.82. The average Bonchev–Trinajstić information content (AvgIpc) is 3.02. The van der Waals surface area contributed by atoms with Gasteiger partial charge in [0.25, 0.3) is 0 Å². The number of rotatable bonds is 6. The third-order valence-electron chi connectivity index (χ3n) is 4.40. The first-order valence-electron chi connectivity index (χ1n) is 8.23. The predicted octanol–water partition coefficient (Wildman–Crippen LogP) is 3.94. The van der Waals surface area contributed by atoms with E-state index in [0.717, 1.165) is 11.1 Å². The number of carbonyl (C=O) groups excluding carboxylic acids is 2. The number of amides is 1. The summed E-state index contributed by atoms with van der Waals surface area (Å²) in [5.74, 6) is 0.139. The van der Waals surface area contributed by atoms with E-state index >= 15 is 0 Å². The molecule has 1 aliphatic rings. The molecule has 2 atom stereocenters. The van der Waals surface area contributed by atoms with E-state index in [-0.39, 0.29) is 11.7 Å². The molecule has 0 radical (unpaired) electrons. The van der Waals surface area contributed by atoms with Crippen LogP contribution in [0.3, 0.4) is 0 Å². The van der Waals surface area contributed by atoms with Gasteiger partial charge in [-0.2, -0.15) is 0 Å². The molecule has 1 aliphatic heterocycles. The van der Waals surface area contributed by atoms with E-state index in [2.05, 4.69) is 0 Å². The molecule has 0 bridgehead atoms. The third kappa shape index (κ3) is 3.48. The summed E-state index contributed by atoms with van der Waals surface area (Å²) in [6.07, 6.45) is -0.0301. The van der Waals surface area contributed by atoms with E-state index in [4.69, 9.17) is 4.74 Å². The van der Waals surface area contributed by atoms with Gasteiger partial charge in [0.2, 0.25) is 0 Å². The molecule has 2 aromatic carbocycles. The summed E-state index contributed by atoms with van der Waals surface area (Å²) in [6.45, 7) is 2.82. The maximum atomic E-state index is 13.0. The standard InChI is InChI=1S/C20H21NO3/c1-15(16-8-4-2-5-9-16)14-18(22)19(17-10-6-3-7-11-17)21-12-13-24-20(21)23/h2-11,15,19H,12-14H2,1H3/t15-,19-/m1/s1. The molecule has 4 nitrogen and oxygen atoms in total. The molecule has 2 aromatic rings. The summed E-state index contributed by atoms with van der Waals surface area (Å²) < 4.78 is 5.04. The molecule has 4 heteroatoms. The number of cyclic esters (lactones) is 1. The van der Waals surface area contributed by atoms with Crippen molar-refractivity contribution in [3.05, 3.63) is 71.8 Å². The second kappa shape index (κ2) is 7.30. The van der Waals surface area contributed by atoms with Crippen LogP contribution in [0.2, 0.25) is 0 Å². The monoisotopic (exact) mass is 323 g/mol. The van der Waals surface area contributed by atoms with E-state index in [1.807, 2.05) is 67.6 Å². The Morgan fingerprint density at radius 1 is 1.04 bits per heavy atom. The maximum Gasteiger partial charge on any atom is 0.410 e. The Labute approximate surface area is 142 Å². The molecule has 24 heavy (non-hydrogen) atoms. The summed E-state index contributed by atoms with van der Waals surface area (Å²) in [7, 11) is 0. The molecule has 1 amide bonds. The summed E-state index contributed by atoms with van der Waals surface area (Å²) in [5, 5.41) is 0. The number of carbonyl (C=O) groups is 2. The topological polar surface area (TPSA) is 46.6 Å². The average molecular weight is 323 g/mol. The fraction of sp³-hybridized carbons (Fsp3) is 0.300. The normalized spacial score (nSPS) is 16.5. The Bertz CT molecular complexity index is 699. The Morgan fingerprint density at radius 3 is 2.17 bits per heavy atom. The molecule has 0 N–H and O–H groups in total. The van der Waals surface area contributed by atoms with Crippen LogP contribution in [0.25, 0.3) is 0 Å². The minimum atomic E-state index is -0.577. The highest BCUT2D eigenvalue weighted by Crippen LogP contribution is 2.29. The van der Waals surface area contributed by atoms with Gasteiger partial charge in [-0.3, -0.25) is 9.69 Å². The summed E-state index contributed by atoms with van der Waals surface area (Å²) in [4.78, 5) is 26.5. The zero-order valence-electron chi connectivity index (χ0n) is 13.7. The van der Waals surface area contributed by atoms with Crippen molar-refractivity contribution < 1.29 is 14.3 Å². The van der Waals surface area contributed by atoms with Crippen LogP contribution in [0.4, 0.5) is 4.79 Å². The van der Waals surface area contributed by atoms with E-state index in [9.17, 15) is 9.59 Å². The predicted molar refractivity (Wildman–Crippen MR) is 91.7 cm³/mol. The number of Topliss-reactive ketones (excluding diaryl/α,β-unsaturated/α-hetero) is 1. The molecule has 0 aromatic heterocycles. The Hall–Kier alpha value is -2.62. The van der Waals surface area contributed by atoms with Crippen molar-refractivity contribution >= 4 is 11.9 Å². The lowest BCUT2D eigenvalue weighted by Crippen LogP contribution is -2.35. The van der Waals surface area contributed by atoms with Gasteiger partial charge in [0.1, 0.15) is 12.6 Å². The van der Waals surface area contributed by atoms with Gasteiger partial charge >= 0.3 is 6.09 Å². The molecule has 1 fully saturated rings. The Morgan fingerprint density at radius 2 is 1.62 bits per heavy atom. The molecule has 3 rings (SSSR count). The highest BCUT2D eigenvalue weighted by molar-refractivity contribution is 5.89. The van der Waals surface area contributed by atoms with Crippen LogP contribution in [0.1, 0.15) is 36.4 Å². The smallest absolute Gasteiger partial charge is 0.410 e. The van der Waals surface area contributed by atoms with Crippen LogP contribution in [-0.4, -0.2) is 29.9 Å². The quantitative estimate of drug-likeness (QED) is 0.809. The first kappa shape index (κ1) is 16.2. The Kier molecular flexibility index (Phi) is 4.94. The van der Waals surface area contributed by atoms with E-state index < -0.39 is 12.1 Å². The molecule has 0 saturated carbocycles. The molecule has 0 aliphatic carbocycles. The third-order valence-corrected chi connectivity index (χ3v) is 4.40. The van der Waals surface area contributed by atoms with Crippen LogP contribution >= 0.6 is 0 Å². The van der Waals surface area contributed by atoms with Crippen LogP contribution in [0.15, 0.2) is 60.7 Å². The van der Waals surface area contributed by atoms with E-state index in [1.165, 1.54) is 4.90 Å². The molecule has 124 valence electrons. The second-order valence-corrected chi connectivity index (χ2v) is 6.10. The van der Waals surface area contributed by atoms with Crippen LogP contribution in [0, 0.1) is 0 Å². The summed E-state index contributed by atoms with van der Waals surface area (Å²) >= 11 is 0. The van der Waals surface area contributed by atoms with Crippen molar-refractivity contribution in [2.24, 2.45) is 0 Å². The summed E-state index contributed by atoms with van der Waals surface area (Å²) in [5.41, 5.74) is 1.96. The van der Waals surface area contributed by atoms with Gasteiger partial charge in [-0.05, 0) is 17.0 Å². The first-order chi connectivity index (χ1) is 11.7. The van der Waals surface area contributed by atoms with Crippen molar-refractivity contribution in [3.63, 3.8) is 0 Å². The second-order valence-electron chi connectivity index (χ2n) is 6.10. The van der Waals surface area contributed by atoms with E-state index in [1.54, 1.807) is 0 Å². The number of ketones is 1. The molecular weight excluding hydrogens is 302 g/mol. The van der Waals surface area contributed by atoms with Crippen molar-refractivity contribution in [3.8, 4) is 0 Å². The number of nitrogens with zero attached hydrogens (tertiary/aromatic N) is 1. The zero-order chi connectivity index (χ0) is 16.9. The van der Waals surface area contributed by atoms with Crippen LogP contribution < -0.4 is 0 Å². The largest absolute Gasteiger partial charge is 0.448 e. The highest BCUT2D eigenvalue weighted by atomic mass is 16.6. The lowest BCUT2D eigenvalue weighted by molar-refractivity contribution is -0.123. The van der Waals surface area contributed by atoms with Crippen LogP contribution in [0.5, 0.6) is 0 Å². The minimum absolute atomic E-state index is 0.0383. The van der Waals surface area contributed by atoms with Gasteiger partial charge < -0.3 is 4.74 Å². The highest BCUT2D eigenvalue weighted by Gasteiger charge is 2.35. The molecular formula is C20H21NO3. The van der Waals surface area contributed by atoms with Gasteiger partial charge in [0.15, 0.2) is 5.78 Å². The molecule has 1 saturated heterocycles. The van der Waals surface area contributed by atoms with E-state index in [0.29, 0.717) is 19.6 Å². The number of ether oxygens (including phenoxy) is 1. The van der Waals surface area contributed by atoms with Crippen LogP contribution in [-0.2, 0) is 9.53 Å². The van der Waals surface area contributed by atoms with Crippen molar-refractivity contribution in [2.45, 2.75) is 25.3 Å². The number of benzene rings is 2. The molecule has 1 heterocycles. The van der Waals surface area contributed by atoms with Gasteiger partial charge in [0, 0.05) is 6.42 Å². The van der Waals surface area contributed by atoms with Crippen molar-refractivity contribution in [1.29, 1.82) is 0 Å². The van der Waals surface area contributed by atoms with Gasteiger partial charge in [0.05, 0.1) is 6.54 Å². The SMILES string of the molecule is C[C@H](CC(=O)[C@@H](c1ccccc1)N1CCOC1=O)c1ccccc1. The molecule has 0 spiro atoms. The van der Waals surface area contributed by atoms with Crippen molar-refractivity contribution in [1.82, 2.24) is 4.90 Å². The number of hydrogen-bond acceptors (Lipinski definition) is 3. The van der Waals surface area contributed by atoms with Gasteiger partial charge in [-0.15, -0.1) is 0 Å². The minimum Gasteiger partial charge on any atom is -0.448 e. The maximum absolute atomic E-state index is 13.0. The number of hydrogen-bond donors (Lipinski definition) is 0. The summed E-state index contributed by atoms with van der Waals surface area (Å²) in [6, 6.07) is 18.8. The molecule has 0 unspecified atom stereocenters. The first-order valence-corrected chi connectivity index (χ1v) is 8.23. The lowest BCUT2D eigenvalue weighted by Gasteiger charge is -2.26. The fourth-order valence-corrected chi connectivity index (χ4v) is 3.13. The van der Waals surface area contributed by atoms with Gasteiger partial charge in [-0.1, -0.05) is 67.6 Å². The lowest BCUT2D eigenvalue weighted by atomic mass is 9.90. The van der Waals surface area contributed by atoms with Crippen molar-refractivity contribution in [2.75, 3.05) is 13.2 Å².